The molecule has 2 amide bonds. The number of hydrogen-bond acceptors (Lipinski definition) is 2. The molecule has 23 heavy (non-hydrogen) atoms. The molecule has 7 heteroatoms. The van der Waals surface area contributed by atoms with Crippen LogP contribution in [0.15, 0.2) is 36.4 Å². The van der Waals surface area contributed by atoms with Gasteiger partial charge in [0.2, 0.25) is 5.91 Å². The van der Waals surface area contributed by atoms with Gasteiger partial charge in [-0.25, -0.2) is 4.39 Å². The number of amides is 2. The van der Waals surface area contributed by atoms with E-state index in [1.54, 1.807) is 13.0 Å². The molecule has 0 aliphatic heterocycles. The van der Waals surface area contributed by atoms with E-state index in [9.17, 15) is 14.0 Å². The Morgan fingerprint density at radius 1 is 1.09 bits per heavy atom. The monoisotopic (exact) mass is 354 g/mol. The fourth-order valence-electron chi connectivity index (χ4n) is 1.83. The van der Waals surface area contributed by atoms with Crippen molar-refractivity contribution in [2.45, 2.75) is 6.92 Å². The Balaban J connectivity index is 1.94. The lowest BCUT2D eigenvalue weighted by Crippen LogP contribution is -2.33. The Hall–Kier alpha value is -2.11. The van der Waals surface area contributed by atoms with Crippen LogP contribution >= 0.6 is 23.2 Å². The van der Waals surface area contributed by atoms with E-state index in [4.69, 9.17) is 23.2 Å². The van der Waals surface area contributed by atoms with E-state index in [0.717, 1.165) is 5.56 Å². The number of hydrogen-bond donors (Lipinski definition) is 2. The number of nitrogens with one attached hydrogen (secondary N) is 2. The zero-order valence-corrected chi connectivity index (χ0v) is 13.6. The summed E-state index contributed by atoms with van der Waals surface area (Å²) in [6, 6.07) is 8.74. The molecule has 0 spiro atoms. The van der Waals surface area contributed by atoms with Gasteiger partial charge in [-0.2, -0.15) is 0 Å². The Kier molecular flexibility index (Phi) is 5.58. The zero-order valence-electron chi connectivity index (χ0n) is 12.1. The number of aryl methyl sites for hydroxylation is 1. The van der Waals surface area contributed by atoms with Crippen LogP contribution in [0.5, 0.6) is 0 Å². The second kappa shape index (κ2) is 7.44. The highest BCUT2D eigenvalue weighted by Gasteiger charge is 2.11. The first-order chi connectivity index (χ1) is 10.9. The third kappa shape index (κ3) is 4.68. The van der Waals surface area contributed by atoms with Crippen LogP contribution in [0.3, 0.4) is 0 Å². The van der Waals surface area contributed by atoms with Gasteiger partial charge < -0.3 is 10.6 Å². The maximum atomic E-state index is 13.5. The molecule has 0 heterocycles. The molecule has 0 aliphatic carbocycles. The normalized spacial score (nSPS) is 10.3. The summed E-state index contributed by atoms with van der Waals surface area (Å²) < 4.78 is 13.5. The topological polar surface area (TPSA) is 58.2 Å². The number of carbonyl (C=O) groups excluding carboxylic acids is 2. The summed E-state index contributed by atoms with van der Waals surface area (Å²) in [5.74, 6) is -1.56. The lowest BCUT2D eigenvalue weighted by Gasteiger charge is -2.09. The van der Waals surface area contributed by atoms with Crippen LogP contribution in [-0.4, -0.2) is 18.4 Å². The Labute approximate surface area is 142 Å². The van der Waals surface area contributed by atoms with Crippen molar-refractivity contribution in [1.82, 2.24) is 5.32 Å². The van der Waals surface area contributed by atoms with Gasteiger partial charge in [0.15, 0.2) is 0 Å². The predicted octanol–water partition coefficient (Wildman–Crippen LogP) is 3.81. The van der Waals surface area contributed by atoms with Crippen LogP contribution in [0, 0.1) is 12.7 Å². The fourth-order valence-corrected chi connectivity index (χ4v) is 2.13. The predicted molar refractivity (Wildman–Crippen MR) is 88.6 cm³/mol. The molecule has 4 nitrogen and oxygen atoms in total. The van der Waals surface area contributed by atoms with Gasteiger partial charge >= 0.3 is 0 Å². The Morgan fingerprint density at radius 3 is 2.52 bits per heavy atom. The molecule has 2 aromatic carbocycles. The second-order valence-corrected chi connectivity index (χ2v) is 5.66. The van der Waals surface area contributed by atoms with Crippen LogP contribution < -0.4 is 10.6 Å². The number of carbonyl (C=O) groups is 2. The molecular weight excluding hydrogens is 342 g/mol. The Bertz CT molecular complexity index is 766. The summed E-state index contributed by atoms with van der Waals surface area (Å²) in [5, 5.41) is 5.40. The van der Waals surface area contributed by atoms with Crippen molar-refractivity contribution in [3.63, 3.8) is 0 Å². The van der Waals surface area contributed by atoms with Gasteiger partial charge in [-0.15, -0.1) is 0 Å². The van der Waals surface area contributed by atoms with E-state index >= 15 is 0 Å². The van der Waals surface area contributed by atoms with Gasteiger partial charge in [-0.05, 0) is 42.8 Å². The van der Waals surface area contributed by atoms with Crippen molar-refractivity contribution in [2.75, 3.05) is 11.9 Å². The van der Waals surface area contributed by atoms with E-state index in [0.29, 0.717) is 5.02 Å². The minimum atomic E-state index is -0.542. The van der Waals surface area contributed by atoms with Crippen molar-refractivity contribution >= 4 is 40.7 Å². The third-order valence-electron chi connectivity index (χ3n) is 2.99. The molecule has 0 saturated heterocycles. The number of anilines is 1. The quantitative estimate of drug-likeness (QED) is 0.876. The van der Waals surface area contributed by atoms with Crippen LogP contribution in [0.1, 0.15) is 15.9 Å². The molecule has 2 rings (SSSR count). The maximum absolute atomic E-state index is 13.5. The van der Waals surface area contributed by atoms with Gasteiger partial charge in [-0.3, -0.25) is 9.59 Å². The number of rotatable bonds is 4. The first-order valence-corrected chi connectivity index (χ1v) is 7.41. The SMILES string of the molecule is Cc1ccc(F)c(NC(=O)CNC(=O)c2ccc(Cl)c(Cl)c2)c1. The smallest absolute Gasteiger partial charge is 0.251 e. The average molecular weight is 355 g/mol. The minimum Gasteiger partial charge on any atom is -0.343 e. The van der Waals surface area contributed by atoms with E-state index in [1.165, 1.54) is 30.3 Å². The summed E-state index contributed by atoms with van der Waals surface area (Å²) in [6.07, 6.45) is 0. The summed E-state index contributed by atoms with van der Waals surface area (Å²) in [4.78, 5) is 23.7. The summed E-state index contributed by atoms with van der Waals surface area (Å²) in [6.45, 7) is 1.48. The lowest BCUT2D eigenvalue weighted by atomic mass is 10.2. The van der Waals surface area contributed by atoms with E-state index in [-0.39, 0.29) is 22.8 Å². The average Bonchev–Trinajstić information content (AvgIpc) is 2.51. The third-order valence-corrected chi connectivity index (χ3v) is 3.73. The fraction of sp³-hybridized carbons (Fsp3) is 0.125. The lowest BCUT2D eigenvalue weighted by molar-refractivity contribution is -0.115. The summed E-state index contributed by atoms with van der Waals surface area (Å²) in [7, 11) is 0. The molecule has 0 radical (unpaired) electrons. The van der Waals surface area contributed by atoms with Crippen molar-refractivity contribution in [2.24, 2.45) is 0 Å². The number of halogens is 3. The molecule has 0 bridgehead atoms. The van der Waals surface area contributed by atoms with Crippen molar-refractivity contribution < 1.29 is 14.0 Å². The molecule has 0 aromatic heterocycles. The largest absolute Gasteiger partial charge is 0.343 e. The van der Waals surface area contributed by atoms with Crippen molar-refractivity contribution in [3.8, 4) is 0 Å². The van der Waals surface area contributed by atoms with Gasteiger partial charge in [-0.1, -0.05) is 29.3 Å². The number of benzene rings is 2. The van der Waals surface area contributed by atoms with Gasteiger partial charge in [0.1, 0.15) is 5.82 Å². The van der Waals surface area contributed by atoms with E-state index < -0.39 is 17.6 Å². The minimum absolute atomic E-state index is 0.0683. The van der Waals surface area contributed by atoms with E-state index in [2.05, 4.69) is 10.6 Å². The molecular formula is C16H13Cl2FN2O2. The molecule has 0 fully saturated rings. The summed E-state index contributed by atoms with van der Waals surface area (Å²) >= 11 is 11.6. The zero-order chi connectivity index (χ0) is 17.0. The standard InChI is InChI=1S/C16H13Cl2FN2O2/c1-9-2-5-13(19)14(6-9)21-15(22)8-20-16(23)10-3-4-11(17)12(18)7-10/h2-7H,8H2,1H3,(H,20,23)(H,21,22). The van der Waals surface area contributed by atoms with Crippen molar-refractivity contribution in [3.05, 3.63) is 63.4 Å². The highest BCUT2D eigenvalue weighted by molar-refractivity contribution is 6.42. The highest BCUT2D eigenvalue weighted by Crippen LogP contribution is 2.22. The molecule has 120 valence electrons. The van der Waals surface area contributed by atoms with Gasteiger partial charge in [0, 0.05) is 5.56 Å². The highest BCUT2D eigenvalue weighted by atomic mass is 35.5. The maximum Gasteiger partial charge on any atom is 0.251 e. The van der Waals surface area contributed by atoms with Gasteiger partial charge in [0.05, 0.1) is 22.3 Å². The molecule has 2 aromatic rings. The van der Waals surface area contributed by atoms with Gasteiger partial charge in [0.25, 0.3) is 5.91 Å². The summed E-state index contributed by atoms with van der Waals surface area (Å²) in [5.41, 5.74) is 1.15. The first kappa shape index (κ1) is 17.2. The van der Waals surface area contributed by atoms with Crippen LogP contribution in [-0.2, 0) is 4.79 Å². The van der Waals surface area contributed by atoms with E-state index in [1.807, 2.05) is 0 Å². The van der Waals surface area contributed by atoms with Crippen LogP contribution in [0.4, 0.5) is 10.1 Å². The first-order valence-electron chi connectivity index (χ1n) is 6.66. The molecule has 0 atom stereocenters. The molecule has 0 aliphatic rings. The molecule has 2 N–H and O–H groups in total. The molecule has 0 saturated carbocycles. The Morgan fingerprint density at radius 2 is 1.83 bits per heavy atom. The molecule has 0 unspecified atom stereocenters. The van der Waals surface area contributed by atoms with Crippen molar-refractivity contribution in [1.29, 1.82) is 0 Å². The second-order valence-electron chi connectivity index (χ2n) is 4.84. The van der Waals surface area contributed by atoms with Crippen LogP contribution in [0.25, 0.3) is 0 Å². The van der Waals surface area contributed by atoms with Crippen LogP contribution in [0.2, 0.25) is 10.0 Å².